The van der Waals surface area contributed by atoms with Gasteiger partial charge in [0.15, 0.2) is 0 Å². The molecule has 0 radical (unpaired) electrons. The van der Waals surface area contributed by atoms with Crippen LogP contribution in [0.2, 0.25) is 5.02 Å². The van der Waals surface area contributed by atoms with Gasteiger partial charge in [0.1, 0.15) is 18.4 Å². The number of nitrogens with zero attached hydrogens (tertiary/aromatic N) is 2. The van der Waals surface area contributed by atoms with Gasteiger partial charge in [-0.3, -0.25) is 13.9 Å². The number of rotatable bonds is 11. The van der Waals surface area contributed by atoms with Gasteiger partial charge in [-0.2, -0.15) is 0 Å². The summed E-state index contributed by atoms with van der Waals surface area (Å²) in [6.45, 7) is 4.96. The molecule has 0 aromatic heterocycles. The second kappa shape index (κ2) is 14.1. The number of hydrogen-bond donors (Lipinski definition) is 1. The first-order chi connectivity index (χ1) is 20.8. The molecule has 0 bridgehead atoms. The smallest absolute Gasteiger partial charge is 0.264 e. The van der Waals surface area contributed by atoms with Crippen molar-refractivity contribution in [1.82, 2.24) is 10.2 Å². The Balaban J connectivity index is 1.79. The molecule has 4 aromatic rings. The van der Waals surface area contributed by atoms with E-state index in [1.54, 1.807) is 54.6 Å². The summed E-state index contributed by atoms with van der Waals surface area (Å²) < 4.78 is 42.5. The average molecular weight is 636 g/mol. The maximum atomic E-state index is 14.4. The number of halogens is 2. The van der Waals surface area contributed by atoms with Crippen molar-refractivity contribution in [2.24, 2.45) is 0 Å². The minimum atomic E-state index is -4.31. The van der Waals surface area contributed by atoms with Gasteiger partial charge in [-0.25, -0.2) is 12.8 Å². The van der Waals surface area contributed by atoms with Crippen LogP contribution in [0.4, 0.5) is 10.1 Å². The molecule has 0 aliphatic heterocycles. The first kappa shape index (κ1) is 32.7. The zero-order valence-corrected chi connectivity index (χ0v) is 26.4. The van der Waals surface area contributed by atoms with Gasteiger partial charge in [0, 0.05) is 23.5 Å². The Bertz CT molecular complexity index is 1660. The summed E-state index contributed by atoms with van der Waals surface area (Å²) >= 11 is 6.12. The molecule has 44 heavy (non-hydrogen) atoms. The number of benzene rings is 4. The molecule has 10 heteroatoms. The molecule has 0 saturated carbocycles. The van der Waals surface area contributed by atoms with Crippen LogP contribution >= 0.6 is 11.6 Å². The fourth-order valence-electron chi connectivity index (χ4n) is 4.65. The molecule has 0 heterocycles. The minimum Gasteiger partial charge on any atom is -0.350 e. The van der Waals surface area contributed by atoms with Gasteiger partial charge in [0.05, 0.1) is 10.6 Å². The van der Waals surface area contributed by atoms with Crippen molar-refractivity contribution in [2.75, 3.05) is 10.8 Å². The van der Waals surface area contributed by atoms with Gasteiger partial charge in [0.25, 0.3) is 10.0 Å². The van der Waals surface area contributed by atoms with Crippen LogP contribution in [0, 0.1) is 5.82 Å². The number of para-hydroxylation sites is 1. The highest BCUT2D eigenvalue weighted by atomic mass is 35.5. The number of carbonyl (C=O) groups excluding carboxylic acids is 2. The third-order valence-corrected chi connectivity index (χ3v) is 8.80. The summed E-state index contributed by atoms with van der Waals surface area (Å²) in [4.78, 5) is 29.5. The average Bonchev–Trinajstić information content (AvgIpc) is 2.98. The van der Waals surface area contributed by atoms with Crippen LogP contribution in [0.1, 0.15) is 31.9 Å². The highest BCUT2D eigenvalue weighted by Crippen LogP contribution is 2.25. The summed E-state index contributed by atoms with van der Waals surface area (Å²) in [5.74, 6) is -1.56. The summed E-state index contributed by atoms with van der Waals surface area (Å²) in [6.07, 6.45) is 0.193. The van der Waals surface area contributed by atoms with E-state index >= 15 is 0 Å². The van der Waals surface area contributed by atoms with Crippen LogP contribution in [0.25, 0.3) is 0 Å². The van der Waals surface area contributed by atoms with Gasteiger partial charge >= 0.3 is 0 Å². The SMILES string of the molecule is CC(C)(C)NC(=O)C(Cc1ccccc1)N(Cc1ccc(Cl)cc1)C(=O)CN(c1ccccc1)S(=O)(=O)c1ccc(F)cc1. The van der Waals surface area contributed by atoms with E-state index in [1.165, 1.54) is 4.90 Å². The van der Waals surface area contributed by atoms with Crippen LogP contribution in [-0.4, -0.2) is 43.3 Å². The van der Waals surface area contributed by atoms with E-state index in [0.717, 1.165) is 34.1 Å². The molecule has 7 nitrogen and oxygen atoms in total. The second-order valence-corrected chi connectivity index (χ2v) is 13.7. The number of nitrogens with one attached hydrogen (secondary N) is 1. The lowest BCUT2D eigenvalue weighted by molar-refractivity contribution is -0.140. The lowest BCUT2D eigenvalue weighted by atomic mass is 10.0. The Morgan fingerprint density at radius 3 is 1.95 bits per heavy atom. The molecule has 0 saturated heterocycles. The van der Waals surface area contributed by atoms with Gasteiger partial charge in [0.2, 0.25) is 11.8 Å². The highest BCUT2D eigenvalue weighted by molar-refractivity contribution is 7.92. The maximum Gasteiger partial charge on any atom is 0.264 e. The Hall–Kier alpha value is -4.21. The van der Waals surface area contributed by atoms with Crippen LogP contribution in [0.15, 0.2) is 114 Å². The highest BCUT2D eigenvalue weighted by Gasteiger charge is 2.35. The van der Waals surface area contributed by atoms with Crippen LogP contribution in [0.5, 0.6) is 0 Å². The van der Waals surface area contributed by atoms with Crippen LogP contribution in [0.3, 0.4) is 0 Å². The Morgan fingerprint density at radius 1 is 0.818 bits per heavy atom. The van der Waals surface area contributed by atoms with Crippen molar-refractivity contribution in [2.45, 2.75) is 50.2 Å². The number of amides is 2. The predicted molar refractivity (Wildman–Crippen MR) is 171 cm³/mol. The number of sulfonamides is 1. The van der Waals surface area contributed by atoms with Gasteiger partial charge in [-0.15, -0.1) is 0 Å². The molecule has 1 atom stereocenters. The molecule has 0 aliphatic rings. The fraction of sp³-hybridized carbons (Fsp3) is 0.235. The van der Waals surface area contributed by atoms with Crippen molar-refractivity contribution >= 4 is 39.1 Å². The molecule has 1 unspecified atom stereocenters. The van der Waals surface area contributed by atoms with Crippen LogP contribution in [-0.2, 0) is 32.6 Å². The Morgan fingerprint density at radius 2 is 1.39 bits per heavy atom. The summed E-state index contributed by atoms with van der Waals surface area (Å²) in [7, 11) is -4.31. The molecule has 2 amide bonds. The van der Waals surface area contributed by atoms with E-state index < -0.39 is 39.9 Å². The van der Waals surface area contributed by atoms with Crippen molar-refractivity contribution in [3.8, 4) is 0 Å². The van der Waals surface area contributed by atoms with Crippen LogP contribution < -0.4 is 9.62 Å². The topological polar surface area (TPSA) is 86.8 Å². The molecular weight excluding hydrogens is 601 g/mol. The fourth-order valence-corrected chi connectivity index (χ4v) is 6.19. The largest absolute Gasteiger partial charge is 0.350 e. The third-order valence-electron chi connectivity index (χ3n) is 6.76. The monoisotopic (exact) mass is 635 g/mol. The third kappa shape index (κ3) is 8.67. The predicted octanol–water partition coefficient (Wildman–Crippen LogP) is 6.23. The lowest BCUT2D eigenvalue weighted by Crippen LogP contribution is -2.56. The quantitative estimate of drug-likeness (QED) is 0.212. The summed E-state index contributed by atoms with van der Waals surface area (Å²) in [6, 6.07) is 27.9. The van der Waals surface area contributed by atoms with E-state index in [1.807, 2.05) is 51.1 Å². The zero-order chi connectivity index (χ0) is 31.9. The molecule has 0 spiro atoms. The lowest BCUT2D eigenvalue weighted by Gasteiger charge is -2.35. The standard InChI is InChI=1S/C34H35ClFN3O4S/c1-34(2,3)37-33(41)31(22-25-10-6-4-7-11-25)38(23-26-14-16-27(35)17-15-26)32(40)24-39(29-12-8-5-9-13-29)44(42,43)30-20-18-28(36)19-21-30/h4-21,31H,22-24H2,1-3H3,(H,37,41). The number of hydrogen-bond acceptors (Lipinski definition) is 4. The molecule has 0 aliphatic carbocycles. The van der Waals surface area contributed by atoms with Gasteiger partial charge < -0.3 is 10.2 Å². The van der Waals surface area contributed by atoms with E-state index in [2.05, 4.69) is 5.32 Å². The molecule has 0 fully saturated rings. The first-order valence-corrected chi connectivity index (χ1v) is 15.9. The van der Waals surface area contributed by atoms with Gasteiger partial charge in [-0.1, -0.05) is 72.3 Å². The Kier molecular flexibility index (Phi) is 10.4. The van der Waals surface area contributed by atoms with E-state index in [-0.39, 0.29) is 29.5 Å². The second-order valence-electron chi connectivity index (χ2n) is 11.4. The summed E-state index contributed by atoms with van der Waals surface area (Å²) in [5.41, 5.74) is 1.19. The number of anilines is 1. The normalized spacial score (nSPS) is 12.3. The molecular formula is C34H35ClFN3O4S. The van der Waals surface area contributed by atoms with Gasteiger partial charge in [-0.05, 0) is 80.4 Å². The van der Waals surface area contributed by atoms with E-state index in [9.17, 15) is 22.4 Å². The maximum absolute atomic E-state index is 14.4. The minimum absolute atomic E-state index is 0.0181. The zero-order valence-electron chi connectivity index (χ0n) is 24.8. The van der Waals surface area contributed by atoms with Crippen molar-refractivity contribution < 1.29 is 22.4 Å². The first-order valence-electron chi connectivity index (χ1n) is 14.1. The van der Waals surface area contributed by atoms with E-state index in [0.29, 0.717) is 10.6 Å². The molecule has 230 valence electrons. The van der Waals surface area contributed by atoms with Crippen molar-refractivity contribution in [1.29, 1.82) is 0 Å². The van der Waals surface area contributed by atoms with Crippen molar-refractivity contribution in [3.05, 3.63) is 131 Å². The summed E-state index contributed by atoms with van der Waals surface area (Å²) in [5, 5.41) is 3.51. The Labute approximate surface area is 263 Å². The number of carbonyl (C=O) groups is 2. The van der Waals surface area contributed by atoms with Crippen molar-refractivity contribution in [3.63, 3.8) is 0 Å². The molecule has 4 rings (SSSR count). The molecule has 1 N–H and O–H groups in total. The molecule has 4 aromatic carbocycles. The van der Waals surface area contributed by atoms with E-state index in [4.69, 9.17) is 11.6 Å².